The van der Waals surface area contributed by atoms with Crippen LogP contribution in [-0.2, 0) is 14.6 Å². The van der Waals surface area contributed by atoms with E-state index in [1.807, 2.05) is 0 Å². The number of hydrogen-bond acceptors (Lipinski definition) is 4. The lowest BCUT2D eigenvalue weighted by atomic mass is 9.99. The largest absolute Gasteiger partial charge is 0.381 e. The molecule has 0 unspecified atom stereocenters. The van der Waals surface area contributed by atoms with Gasteiger partial charge in [-0.25, -0.2) is 8.42 Å². The average Bonchev–Trinajstić information content (AvgIpc) is 2.40. The molecule has 1 aliphatic rings. The maximum atomic E-state index is 12.6. The van der Waals surface area contributed by atoms with Crippen LogP contribution in [0.4, 0.5) is 0 Å². The molecule has 102 valence electrons. The molecular weight excluding hydrogens is 274 g/mol. The standard InChI is InChI=1S/C12H17NO3S.ClH/c13-10-12(6-8-16-9-7-12)17(14,15)11-4-2-1-3-5-11;/h1-5H,6-10,13H2;1H. The molecule has 0 radical (unpaired) electrons. The van der Waals surface area contributed by atoms with Gasteiger partial charge in [-0.3, -0.25) is 0 Å². The van der Waals surface area contributed by atoms with Gasteiger partial charge in [0.1, 0.15) is 0 Å². The van der Waals surface area contributed by atoms with Gasteiger partial charge in [-0.2, -0.15) is 0 Å². The van der Waals surface area contributed by atoms with Gasteiger partial charge < -0.3 is 10.5 Å². The monoisotopic (exact) mass is 291 g/mol. The molecule has 2 rings (SSSR count). The van der Waals surface area contributed by atoms with Crippen LogP contribution in [0.25, 0.3) is 0 Å². The van der Waals surface area contributed by atoms with E-state index in [4.69, 9.17) is 10.5 Å². The Morgan fingerprint density at radius 3 is 2.22 bits per heavy atom. The molecule has 6 heteroatoms. The summed E-state index contributed by atoms with van der Waals surface area (Å²) in [5, 5.41) is 0. The molecule has 0 aliphatic carbocycles. The van der Waals surface area contributed by atoms with Crippen molar-refractivity contribution in [2.45, 2.75) is 22.5 Å². The van der Waals surface area contributed by atoms with Crippen LogP contribution in [0.2, 0.25) is 0 Å². The van der Waals surface area contributed by atoms with Crippen LogP contribution in [0.1, 0.15) is 12.8 Å². The molecule has 1 aliphatic heterocycles. The molecule has 0 atom stereocenters. The van der Waals surface area contributed by atoms with Crippen LogP contribution in [0.5, 0.6) is 0 Å². The molecule has 0 aromatic heterocycles. The number of rotatable bonds is 3. The van der Waals surface area contributed by atoms with E-state index in [1.54, 1.807) is 30.3 Å². The molecule has 4 nitrogen and oxygen atoms in total. The first kappa shape index (κ1) is 15.4. The summed E-state index contributed by atoms with van der Waals surface area (Å²) in [6.07, 6.45) is 0.946. The number of hydrogen-bond donors (Lipinski definition) is 1. The summed E-state index contributed by atoms with van der Waals surface area (Å²) in [7, 11) is -3.38. The average molecular weight is 292 g/mol. The van der Waals surface area contributed by atoms with Crippen molar-refractivity contribution in [3.63, 3.8) is 0 Å². The van der Waals surface area contributed by atoms with E-state index in [0.29, 0.717) is 31.0 Å². The van der Waals surface area contributed by atoms with Gasteiger partial charge in [0.25, 0.3) is 0 Å². The van der Waals surface area contributed by atoms with Gasteiger partial charge in [0, 0.05) is 19.8 Å². The summed E-state index contributed by atoms with van der Waals surface area (Å²) in [6, 6.07) is 8.52. The Bertz CT molecular complexity index is 469. The Morgan fingerprint density at radius 2 is 1.72 bits per heavy atom. The number of benzene rings is 1. The van der Waals surface area contributed by atoms with Gasteiger partial charge in [-0.05, 0) is 25.0 Å². The quantitative estimate of drug-likeness (QED) is 0.914. The first-order chi connectivity index (χ1) is 8.12. The fraction of sp³-hybridized carbons (Fsp3) is 0.500. The van der Waals surface area contributed by atoms with E-state index in [1.165, 1.54) is 0 Å². The normalized spacial score (nSPS) is 18.9. The number of nitrogens with two attached hydrogens (primary N) is 1. The van der Waals surface area contributed by atoms with Gasteiger partial charge in [0.2, 0.25) is 0 Å². The molecule has 0 amide bonds. The number of ether oxygens (including phenoxy) is 1. The van der Waals surface area contributed by atoms with Gasteiger partial charge in [-0.15, -0.1) is 12.4 Å². The smallest absolute Gasteiger partial charge is 0.185 e. The second-order valence-corrected chi connectivity index (χ2v) is 6.66. The third-order valence-corrected chi connectivity index (χ3v) is 6.01. The number of halogens is 1. The predicted molar refractivity (Wildman–Crippen MR) is 72.7 cm³/mol. The predicted octanol–water partition coefficient (Wildman–Crippen LogP) is 1.39. The Labute approximate surface area is 114 Å². The van der Waals surface area contributed by atoms with E-state index in [2.05, 4.69) is 0 Å². The molecule has 18 heavy (non-hydrogen) atoms. The van der Waals surface area contributed by atoms with E-state index in [9.17, 15) is 8.42 Å². The van der Waals surface area contributed by atoms with Crippen LogP contribution in [0.3, 0.4) is 0 Å². The Balaban J connectivity index is 0.00000162. The molecule has 1 heterocycles. The summed E-state index contributed by atoms with van der Waals surface area (Å²) in [5.41, 5.74) is 5.73. The minimum atomic E-state index is -3.38. The molecule has 0 saturated carbocycles. The highest BCUT2D eigenvalue weighted by Crippen LogP contribution is 2.33. The van der Waals surface area contributed by atoms with Crippen LogP contribution in [0, 0.1) is 0 Å². The van der Waals surface area contributed by atoms with E-state index >= 15 is 0 Å². The first-order valence-corrected chi connectivity index (χ1v) is 7.18. The van der Waals surface area contributed by atoms with Crippen molar-refractivity contribution in [1.29, 1.82) is 0 Å². The highest BCUT2D eigenvalue weighted by atomic mass is 35.5. The minimum absolute atomic E-state index is 0. The third-order valence-electron chi connectivity index (χ3n) is 3.40. The fourth-order valence-electron chi connectivity index (χ4n) is 2.18. The summed E-state index contributed by atoms with van der Waals surface area (Å²) >= 11 is 0. The van der Waals surface area contributed by atoms with E-state index in [0.717, 1.165) is 0 Å². The van der Waals surface area contributed by atoms with Crippen LogP contribution in [-0.4, -0.2) is 32.9 Å². The molecular formula is C12H18ClNO3S. The third kappa shape index (κ3) is 2.54. The van der Waals surface area contributed by atoms with Gasteiger partial charge >= 0.3 is 0 Å². The van der Waals surface area contributed by atoms with Gasteiger partial charge in [0.05, 0.1) is 9.64 Å². The zero-order valence-electron chi connectivity index (χ0n) is 10.0. The first-order valence-electron chi connectivity index (χ1n) is 5.70. The topological polar surface area (TPSA) is 69.4 Å². The summed E-state index contributed by atoms with van der Waals surface area (Å²) < 4.78 is 29.6. The van der Waals surface area contributed by atoms with E-state index in [-0.39, 0.29) is 19.0 Å². The summed E-state index contributed by atoms with van der Waals surface area (Å²) in [4.78, 5) is 0.354. The van der Waals surface area contributed by atoms with Crippen LogP contribution < -0.4 is 5.73 Å². The number of sulfone groups is 1. The zero-order valence-corrected chi connectivity index (χ0v) is 11.7. The Kier molecular flexibility index (Phi) is 5.16. The van der Waals surface area contributed by atoms with Gasteiger partial charge in [0.15, 0.2) is 9.84 Å². The molecule has 1 saturated heterocycles. The maximum absolute atomic E-state index is 12.6. The molecule has 1 aromatic rings. The van der Waals surface area contributed by atoms with E-state index < -0.39 is 14.6 Å². The van der Waals surface area contributed by atoms with Gasteiger partial charge in [-0.1, -0.05) is 18.2 Å². The second kappa shape index (κ2) is 6.02. The minimum Gasteiger partial charge on any atom is -0.381 e. The van der Waals surface area contributed by atoms with Crippen molar-refractivity contribution in [2.24, 2.45) is 5.73 Å². The molecule has 1 aromatic carbocycles. The molecule has 0 bridgehead atoms. The zero-order chi connectivity index (χ0) is 12.4. The highest BCUT2D eigenvalue weighted by Gasteiger charge is 2.44. The molecule has 0 spiro atoms. The second-order valence-electron chi connectivity index (χ2n) is 4.32. The lowest BCUT2D eigenvalue weighted by molar-refractivity contribution is 0.0765. The van der Waals surface area contributed by atoms with Crippen molar-refractivity contribution >= 4 is 22.2 Å². The maximum Gasteiger partial charge on any atom is 0.185 e. The highest BCUT2D eigenvalue weighted by molar-refractivity contribution is 7.92. The fourth-order valence-corrected chi connectivity index (χ4v) is 4.11. The Hall–Kier alpha value is -0.620. The van der Waals surface area contributed by atoms with Crippen molar-refractivity contribution < 1.29 is 13.2 Å². The van der Waals surface area contributed by atoms with Crippen LogP contribution in [0.15, 0.2) is 35.2 Å². The summed E-state index contributed by atoms with van der Waals surface area (Å²) in [5.74, 6) is 0. The van der Waals surface area contributed by atoms with Crippen LogP contribution >= 0.6 is 12.4 Å². The summed E-state index contributed by atoms with van der Waals surface area (Å²) in [6.45, 7) is 1.07. The van der Waals surface area contributed by atoms with Crippen molar-refractivity contribution in [3.05, 3.63) is 30.3 Å². The van der Waals surface area contributed by atoms with Crippen molar-refractivity contribution in [2.75, 3.05) is 19.8 Å². The SMILES string of the molecule is Cl.NCC1(S(=O)(=O)c2ccccc2)CCOCC1. The Morgan fingerprint density at radius 1 is 1.17 bits per heavy atom. The van der Waals surface area contributed by atoms with Crippen molar-refractivity contribution in [3.8, 4) is 0 Å². The lowest BCUT2D eigenvalue weighted by Crippen LogP contribution is -2.49. The lowest BCUT2D eigenvalue weighted by Gasteiger charge is -2.35. The molecule has 2 N–H and O–H groups in total. The molecule has 1 fully saturated rings. The van der Waals surface area contributed by atoms with Crippen molar-refractivity contribution in [1.82, 2.24) is 0 Å².